The summed E-state index contributed by atoms with van der Waals surface area (Å²) in [5, 5.41) is 1.61. The number of nitrogens with one attached hydrogen (secondary N) is 1. The minimum absolute atomic E-state index is 0.00526. The van der Waals surface area contributed by atoms with Crippen LogP contribution in [0.1, 0.15) is 5.56 Å². The molecular weight excluding hydrogens is 368 g/mol. The lowest BCUT2D eigenvalue weighted by molar-refractivity contribution is -0.117. The van der Waals surface area contributed by atoms with Crippen molar-refractivity contribution in [1.82, 2.24) is 5.43 Å². The summed E-state index contributed by atoms with van der Waals surface area (Å²) >= 11 is 5.95. The Hall–Kier alpha value is -3.43. The summed E-state index contributed by atoms with van der Waals surface area (Å²) in [6.07, 6.45) is 6.67. The summed E-state index contributed by atoms with van der Waals surface area (Å²) in [5.74, 6) is 2.30. The van der Waals surface area contributed by atoms with Gasteiger partial charge in [0.25, 0.3) is 11.8 Å². The number of ether oxygens (including phenoxy) is 2. The van der Waals surface area contributed by atoms with Gasteiger partial charge < -0.3 is 9.47 Å². The van der Waals surface area contributed by atoms with E-state index in [0.29, 0.717) is 27.8 Å². The zero-order chi connectivity index (χ0) is 19.4. The van der Waals surface area contributed by atoms with Gasteiger partial charge in [-0.2, -0.15) is 0 Å². The summed E-state index contributed by atoms with van der Waals surface area (Å²) in [6, 6.07) is 11.6. The average Bonchev–Trinajstić information content (AvgIpc) is 2.95. The number of amides is 2. The number of terminal acetylenes is 1. The Balaban J connectivity index is 1.89. The Morgan fingerprint density at radius 3 is 2.74 bits per heavy atom. The summed E-state index contributed by atoms with van der Waals surface area (Å²) in [6.45, 7) is 0.103. The van der Waals surface area contributed by atoms with Crippen LogP contribution in [0.15, 0.2) is 48.0 Å². The molecule has 0 atom stereocenters. The third-order valence-corrected chi connectivity index (χ3v) is 4.00. The number of halogens is 1. The highest BCUT2D eigenvalue weighted by Gasteiger charge is 2.34. The average molecular weight is 383 g/mol. The van der Waals surface area contributed by atoms with Crippen LogP contribution in [0.25, 0.3) is 6.08 Å². The maximum Gasteiger partial charge on any atom is 0.282 e. The number of carbonyl (C=O) groups excluding carboxylic acids is 2. The molecular formula is C20H15ClN2O4. The summed E-state index contributed by atoms with van der Waals surface area (Å²) in [5.41, 5.74) is 3.60. The molecule has 1 fully saturated rings. The van der Waals surface area contributed by atoms with Crippen molar-refractivity contribution in [3.8, 4) is 23.8 Å². The molecule has 1 aliphatic heterocycles. The second-order valence-electron chi connectivity index (χ2n) is 5.52. The number of methoxy groups -OCH3 is 1. The molecule has 0 unspecified atom stereocenters. The van der Waals surface area contributed by atoms with Gasteiger partial charge in [-0.15, -0.1) is 6.42 Å². The molecule has 6 nitrogen and oxygen atoms in total. The molecule has 0 saturated carbocycles. The Morgan fingerprint density at radius 2 is 2.04 bits per heavy atom. The molecule has 1 heterocycles. The molecule has 1 N–H and O–H groups in total. The molecule has 1 aliphatic rings. The van der Waals surface area contributed by atoms with Gasteiger partial charge in [-0.3, -0.25) is 15.0 Å². The lowest BCUT2D eigenvalue weighted by Crippen LogP contribution is -2.35. The number of rotatable bonds is 5. The molecule has 0 aliphatic carbocycles. The molecule has 136 valence electrons. The largest absolute Gasteiger partial charge is 0.493 e. The fourth-order valence-corrected chi connectivity index (χ4v) is 2.72. The van der Waals surface area contributed by atoms with E-state index < -0.39 is 11.8 Å². The van der Waals surface area contributed by atoms with Crippen molar-refractivity contribution in [3.05, 3.63) is 58.6 Å². The van der Waals surface area contributed by atoms with Gasteiger partial charge in [0.05, 0.1) is 12.8 Å². The SMILES string of the molecule is C#CCOc1ccc(/C=C2/C(=O)NN(c3cccc(Cl)c3)C2=O)cc1OC. The van der Waals surface area contributed by atoms with Crippen molar-refractivity contribution in [2.75, 3.05) is 18.7 Å². The molecule has 27 heavy (non-hydrogen) atoms. The lowest BCUT2D eigenvalue weighted by Gasteiger charge is -2.14. The predicted molar refractivity (Wildman–Crippen MR) is 102 cm³/mol. The first-order valence-corrected chi connectivity index (χ1v) is 8.28. The van der Waals surface area contributed by atoms with Gasteiger partial charge in [-0.05, 0) is 42.0 Å². The number of hydrazine groups is 1. The molecule has 7 heteroatoms. The van der Waals surface area contributed by atoms with Crippen LogP contribution in [-0.4, -0.2) is 25.5 Å². The zero-order valence-corrected chi connectivity index (χ0v) is 15.1. The predicted octanol–water partition coefficient (Wildman–Crippen LogP) is 2.82. The van der Waals surface area contributed by atoms with E-state index in [0.717, 1.165) is 5.01 Å². The summed E-state index contributed by atoms with van der Waals surface area (Å²) < 4.78 is 10.7. The van der Waals surface area contributed by atoms with Gasteiger partial charge in [0, 0.05) is 5.02 Å². The smallest absolute Gasteiger partial charge is 0.282 e. The molecule has 1 saturated heterocycles. The van der Waals surface area contributed by atoms with Crippen molar-refractivity contribution in [3.63, 3.8) is 0 Å². The van der Waals surface area contributed by atoms with Crippen LogP contribution >= 0.6 is 11.6 Å². The van der Waals surface area contributed by atoms with E-state index in [1.54, 1.807) is 42.5 Å². The molecule has 2 amide bonds. The number of carbonyl (C=O) groups is 2. The van der Waals surface area contributed by atoms with E-state index in [1.165, 1.54) is 13.2 Å². The maximum absolute atomic E-state index is 12.6. The van der Waals surface area contributed by atoms with Gasteiger partial charge in [0.2, 0.25) is 0 Å². The quantitative estimate of drug-likeness (QED) is 0.490. The van der Waals surface area contributed by atoms with Crippen LogP contribution in [0.5, 0.6) is 11.5 Å². The van der Waals surface area contributed by atoms with Crippen LogP contribution in [0.4, 0.5) is 5.69 Å². The normalized spacial score (nSPS) is 14.9. The first-order valence-electron chi connectivity index (χ1n) is 7.90. The number of benzene rings is 2. The van der Waals surface area contributed by atoms with Gasteiger partial charge >= 0.3 is 0 Å². The first-order chi connectivity index (χ1) is 13.0. The standard InChI is InChI=1S/C20H15ClN2O4/c1-3-9-27-17-8-7-13(11-18(17)26-2)10-16-19(24)22-23(20(16)25)15-6-4-5-14(21)12-15/h1,4-8,10-12H,9H2,2H3,(H,22,24)/b16-10-. The number of anilines is 1. The fourth-order valence-electron chi connectivity index (χ4n) is 2.53. The molecule has 0 spiro atoms. The zero-order valence-electron chi connectivity index (χ0n) is 14.4. The molecule has 0 radical (unpaired) electrons. The van der Waals surface area contributed by atoms with E-state index in [2.05, 4.69) is 11.3 Å². The van der Waals surface area contributed by atoms with E-state index in [1.807, 2.05) is 0 Å². The highest BCUT2D eigenvalue weighted by Crippen LogP contribution is 2.30. The minimum atomic E-state index is -0.508. The molecule has 0 aromatic heterocycles. The fraction of sp³-hybridized carbons (Fsp3) is 0.100. The van der Waals surface area contributed by atoms with Crippen molar-refractivity contribution in [2.45, 2.75) is 0 Å². The molecule has 3 rings (SSSR count). The van der Waals surface area contributed by atoms with E-state index >= 15 is 0 Å². The number of hydrogen-bond donors (Lipinski definition) is 1. The van der Waals surface area contributed by atoms with Gasteiger partial charge in [0.1, 0.15) is 12.2 Å². The summed E-state index contributed by atoms with van der Waals surface area (Å²) in [4.78, 5) is 24.9. The molecule has 2 aromatic carbocycles. The second-order valence-corrected chi connectivity index (χ2v) is 5.96. The monoisotopic (exact) mass is 382 g/mol. The van der Waals surface area contributed by atoms with E-state index in [-0.39, 0.29) is 12.2 Å². The topological polar surface area (TPSA) is 67.9 Å². The van der Waals surface area contributed by atoms with Crippen LogP contribution in [0.3, 0.4) is 0 Å². The van der Waals surface area contributed by atoms with E-state index in [4.69, 9.17) is 27.5 Å². The minimum Gasteiger partial charge on any atom is -0.493 e. The highest BCUT2D eigenvalue weighted by molar-refractivity contribution is 6.33. The van der Waals surface area contributed by atoms with E-state index in [9.17, 15) is 9.59 Å². The Labute approximate surface area is 161 Å². The van der Waals surface area contributed by atoms with Gasteiger partial charge in [0.15, 0.2) is 11.5 Å². The maximum atomic E-state index is 12.6. The van der Waals surface area contributed by atoms with Gasteiger partial charge in [-0.25, -0.2) is 5.01 Å². The Kier molecular flexibility index (Phi) is 5.34. The highest BCUT2D eigenvalue weighted by atomic mass is 35.5. The molecule has 2 aromatic rings. The molecule has 0 bridgehead atoms. The summed E-state index contributed by atoms with van der Waals surface area (Å²) in [7, 11) is 1.49. The van der Waals surface area contributed by atoms with Crippen LogP contribution < -0.4 is 19.9 Å². The van der Waals surface area contributed by atoms with Crippen LogP contribution in [0.2, 0.25) is 5.02 Å². The van der Waals surface area contributed by atoms with Crippen molar-refractivity contribution >= 4 is 35.2 Å². The first kappa shape index (κ1) is 18.4. The van der Waals surface area contributed by atoms with Crippen LogP contribution in [-0.2, 0) is 9.59 Å². The number of nitrogens with zero attached hydrogens (tertiary/aromatic N) is 1. The Morgan fingerprint density at radius 1 is 1.22 bits per heavy atom. The van der Waals surface area contributed by atoms with Crippen molar-refractivity contribution < 1.29 is 19.1 Å². The third kappa shape index (κ3) is 3.89. The number of hydrogen-bond acceptors (Lipinski definition) is 4. The lowest BCUT2D eigenvalue weighted by atomic mass is 10.1. The Bertz CT molecular complexity index is 978. The van der Waals surface area contributed by atoms with Crippen LogP contribution in [0, 0.1) is 12.3 Å². The third-order valence-electron chi connectivity index (χ3n) is 3.77. The van der Waals surface area contributed by atoms with Crippen molar-refractivity contribution in [1.29, 1.82) is 0 Å². The second kappa shape index (κ2) is 7.85. The van der Waals surface area contributed by atoms with Crippen molar-refractivity contribution in [2.24, 2.45) is 0 Å². The van der Waals surface area contributed by atoms with Gasteiger partial charge in [-0.1, -0.05) is 29.7 Å².